The van der Waals surface area contributed by atoms with Crippen LogP contribution in [-0.2, 0) is 13.0 Å². The van der Waals surface area contributed by atoms with Gasteiger partial charge in [-0.25, -0.2) is 8.78 Å². The van der Waals surface area contributed by atoms with Gasteiger partial charge >= 0.3 is 0 Å². The summed E-state index contributed by atoms with van der Waals surface area (Å²) in [5.41, 5.74) is 2.78. The second kappa shape index (κ2) is 6.82. The fourth-order valence-electron chi connectivity index (χ4n) is 2.07. The smallest absolute Gasteiger partial charge is 0.142 e. The molecule has 0 saturated heterocycles. The van der Waals surface area contributed by atoms with Gasteiger partial charge in [-0.3, -0.25) is 0 Å². The minimum absolute atomic E-state index is 0.165. The molecule has 0 radical (unpaired) electrons. The highest BCUT2D eigenvalue weighted by atomic mass is 35.5. The standard InChI is InChI=1S/C16H16ClF2N/c1-11-9-14(18)6-5-12(11)7-8-20-10-13-3-2-4-15(19)16(13)17/h2-6,9,20H,7-8,10H2,1H3. The van der Waals surface area contributed by atoms with Crippen molar-refractivity contribution in [3.05, 3.63) is 69.7 Å². The number of nitrogens with one attached hydrogen (secondary N) is 1. The van der Waals surface area contributed by atoms with Crippen LogP contribution < -0.4 is 5.32 Å². The van der Waals surface area contributed by atoms with Gasteiger partial charge in [-0.15, -0.1) is 0 Å². The SMILES string of the molecule is Cc1cc(F)ccc1CCNCc1cccc(F)c1Cl. The molecule has 0 bridgehead atoms. The second-order valence-electron chi connectivity index (χ2n) is 4.71. The summed E-state index contributed by atoms with van der Waals surface area (Å²) < 4.78 is 26.2. The summed E-state index contributed by atoms with van der Waals surface area (Å²) in [5.74, 6) is -0.619. The zero-order valence-electron chi connectivity index (χ0n) is 11.2. The summed E-state index contributed by atoms with van der Waals surface area (Å²) in [6.07, 6.45) is 0.791. The van der Waals surface area contributed by atoms with E-state index < -0.39 is 5.82 Å². The number of aryl methyl sites for hydroxylation is 1. The summed E-state index contributed by atoms with van der Waals surface area (Å²) in [6, 6.07) is 9.56. The van der Waals surface area contributed by atoms with E-state index in [1.807, 2.05) is 6.92 Å². The van der Waals surface area contributed by atoms with E-state index in [2.05, 4.69) is 5.32 Å². The summed E-state index contributed by atoms with van der Waals surface area (Å²) in [7, 11) is 0. The number of halogens is 3. The summed E-state index contributed by atoms with van der Waals surface area (Å²) in [6.45, 7) is 3.12. The van der Waals surface area contributed by atoms with Gasteiger partial charge in [-0.2, -0.15) is 0 Å². The van der Waals surface area contributed by atoms with Crippen LogP contribution in [0, 0.1) is 18.6 Å². The van der Waals surface area contributed by atoms with Crippen LogP contribution in [0.4, 0.5) is 8.78 Å². The maximum Gasteiger partial charge on any atom is 0.142 e. The van der Waals surface area contributed by atoms with Crippen LogP contribution in [-0.4, -0.2) is 6.54 Å². The van der Waals surface area contributed by atoms with Crippen molar-refractivity contribution in [1.82, 2.24) is 5.32 Å². The summed E-state index contributed by atoms with van der Waals surface area (Å²) in [5, 5.41) is 3.38. The number of hydrogen-bond donors (Lipinski definition) is 1. The van der Waals surface area contributed by atoms with Crippen LogP contribution in [0.15, 0.2) is 36.4 Å². The molecule has 0 aliphatic heterocycles. The molecule has 0 saturated carbocycles. The summed E-state index contributed by atoms with van der Waals surface area (Å²) in [4.78, 5) is 0. The van der Waals surface area contributed by atoms with Gasteiger partial charge in [0.15, 0.2) is 0 Å². The number of benzene rings is 2. The Kier molecular flexibility index (Phi) is 5.10. The highest BCUT2D eigenvalue weighted by Crippen LogP contribution is 2.19. The molecule has 2 aromatic carbocycles. The van der Waals surface area contributed by atoms with Crippen LogP contribution in [0.2, 0.25) is 5.02 Å². The van der Waals surface area contributed by atoms with Crippen LogP contribution in [0.5, 0.6) is 0 Å². The van der Waals surface area contributed by atoms with Crippen molar-refractivity contribution in [2.45, 2.75) is 19.9 Å². The van der Waals surface area contributed by atoms with Crippen molar-refractivity contribution in [2.75, 3.05) is 6.54 Å². The largest absolute Gasteiger partial charge is 0.312 e. The van der Waals surface area contributed by atoms with Gasteiger partial charge in [-0.05, 0) is 54.8 Å². The van der Waals surface area contributed by atoms with E-state index in [4.69, 9.17) is 11.6 Å². The second-order valence-corrected chi connectivity index (χ2v) is 5.09. The van der Waals surface area contributed by atoms with Crippen molar-refractivity contribution in [3.8, 4) is 0 Å². The third kappa shape index (κ3) is 3.78. The molecule has 4 heteroatoms. The van der Waals surface area contributed by atoms with Gasteiger partial charge in [-0.1, -0.05) is 29.8 Å². The lowest BCUT2D eigenvalue weighted by Gasteiger charge is -2.09. The number of hydrogen-bond acceptors (Lipinski definition) is 1. The molecule has 2 aromatic rings. The van der Waals surface area contributed by atoms with E-state index in [1.165, 1.54) is 18.2 Å². The maximum atomic E-state index is 13.2. The van der Waals surface area contributed by atoms with Crippen molar-refractivity contribution < 1.29 is 8.78 Å². The maximum absolute atomic E-state index is 13.2. The zero-order valence-corrected chi connectivity index (χ0v) is 12.0. The Morgan fingerprint density at radius 2 is 1.90 bits per heavy atom. The molecule has 0 aromatic heterocycles. The van der Waals surface area contributed by atoms with Gasteiger partial charge in [0.25, 0.3) is 0 Å². The minimum Gasteiger partial charge on any atom is -0.312 e. The molecule has 0 spiro atoms. The molecular weight excluding hydrogens is 280 g/mol. The zero-order chi connectivity index (χ0) is 14.5. The quantitative estimate of drug-likeness (QED) is 0.813. The van der Waals surface area contributed by atoms with Crippen LogP contribution in [0.3, 0.4) is 0 Å². The highest BCUT2D eigenvalue weighted by molar-refractivity contribution is 6.31. The molecule has 0 heterocycles. The van der Waals surface area contributed by atoms with Crippen molar-refractivity contribution in [2.24, 2.45) is 0 Å². The Hall–Kier alpha value is -1.45. The van der Waals surface area contributed by atoms with E-state index >= 15 is 0 Å². The highest BCUT2D eigenvalue weighted by Gasteiger charge is 2.05. The lowest BCUT2D eigenvalue weighted by molar-refractivity contribution is 0.619. The Morgan fingerprint density at radius 1 is 1.10 bits per heavy atom. The first-order valence-corrected chi connectivity index (χ1v) is 6.84. The van der Waals surface area contributed by atoms with Crippen molar-refractivity contribution in [3.63, 3.8) is 0 Å². The molecule has 0 amide bonds. The molecule has 1 N–H and O–H groups in total. The topological polar surface area (TPSA) is 12.0 Å². The average molecular weight is 296 g/mol. The average Bonchev–Trinajstić information content (AvgIpc) is 2.41. The molecule has 0 aliphatic carbocycles. The third-order valence-electron chi connectivity index (χ3n) is 3.22. The lowest BCUT2D eigenvalue weighted by Crippen LogP contribution is -2.17. The van der Waals surface area contributed by atoms with Crippen molar-refractivity contribution in [1.29, 1.82) is 0 Å². The predicted molar refractivity (Wildman–Crippen MR) is 78.0 cm³/mol. The van der Waals surface area contributed by atoms with E-state index in [9.17, 15) is 8.78 Å². The van der Waals surface area contributed by atoms with Gasteiger partial charge in [0.1, 0.15) is 11.6 Å². The van der Waals surface area contributed by atoms with Crippen LogP contribution >= 0.6 is 11.6 Å². The van der Waals surface area contributed by atoms with Crippen LogP contribution in [0.1, 0.15) is 16.7 Å². The third-order valence-corrected chi connectivity index (χ3v) is 3.65. The monoisotopic (exact) mass is 295 g/mol. The molecule has 106 valence electrons. The van der Waals surface area contributed by atoms with E-state index in [-0.39, 0.29) is 10.8 Å². The lowest BCUT2D eigenvalue weighted by atomic mass is 10.1. The van der Waals surface area contributed by atoms with Crippen molar-refractivity contribution >= 4 is 11.6 Å². The van der Waals surface area contributed by atoms with E-state index in [1.54, 1.807) is 18.2 Å². The fourth-order valence-corrected chi connectivity index (χ4v) is 2.26. The molecule has 1 nitrogen and oxygen atoms in total. The van der Waals surface area contributed by atoms with Gasteiger partial charge < -0.3 is 5.32 Å². The Balaban J connectivity index is 1.86. The fraction of sp³-hybridized carbons (Fsp3) is 0.250. The Bertz CT molecular complexity index is 599. The van der Waals surface area contributed by atoms with E-state index in [0.717, 1.165) is 29.7 Å². The normalized spacial score (nSPS) is 10.8. The molecule has 2 rings (SSSR count). The first-order chi connectivity index (χ1) is 9.58. The molecular formula is C16H16ClF2N. The summed E-state index contributed by atoms with van der Waals surface area (Å²) >= 11 is 5.88. The van der Waals surface area contributed by atoms with Gasteiger partial charge in [0, 0.05) is 6.54 Å². The molecule has 0 fully saturated rings. The van der Waals surface area contributed by atoms with Crippen LogP contribution in [0.25, 0.3) is 0 Å². The predicted octanol–water partition coefficient (Wildman–Crippen LogP) is 4.26. The minimum atomic E-state index is -0.402. The molecule has 0 atom stereocenters. The first kappa shape index (κ1) is 14.9. The number of rotatable bonds is 5. The van der Waals surface area contributed by atoms with Gasteiger partial charge in [0.05, 0.1) is 5.02 Å². The Morgan fingerprint density at radius 3 is 2.65 bits per heavy atom. The molecule has 20 heavy (non-hydrogen) atoms. The van der Waals surface area contributed by atoms with E-state index in [0.29, 0.717) is 6.54 Å². The first-order valence-electron chi connectivity index (χ1n) is 6.46. The Labute approximate surface area is 122 Å². The van der Waals surface area contributed by atoms with Gasteiger partial charge in [0.2, 0.25) is 0 Å². The molecule has 0 unspecified atom stereocenters. The molecule has 0 aliphatic rings.